The molecule has 5 nitrogen and oxygen atoms in total. The van der Waals surface area contributed by atoms with Gasteiger partial charge in [-0.3, -0.25) is 4.68 Å². The summed E-state index contributed by atoms with van der Waals surface area (Å²) < 4.78 is 12.9. The van der Waals surface area contributed by atoms with Crippen LogP contribution in [-0.4, -0.2) is 30.0 Å². The summed E-state index contributed by atoms with van der Waals surface area (Å²) >= 11 is 0. The Bertz CT molecular complexity index is 609. The van der Waals surface area contributed by atoms with E-state index in [0.717, 1.165) is 37.6 Å². The molecule has 112 valence electrons. The first kappa shape index (κ1) is 14.1. The molecule has 0 bridgehead atoms. The molecule has 1 aliphatic heterocycles. The molecule has 1 aromatic carbocycles. The highest BCUT2D eigenvalue weighted by Gasteiger charge is 2.23. The second-order valence-electron chi connectivity index (χ2n) is 5.31. The van der Waals surface area contributed by atoms with Crippen LogP contribution < -0.4 is 10.1 Å². The normalized spacial score (nSPS) is 17.5. The Labute approximate surface area is 124 Å². The van der Waals surface area contributed by atoms with Crippen LogP contribution in [0.3, 0.4) is 0 Å². The van der Waals surface area contributed by atoms with E-state index in [2.05, 4.69) is 22.7 Å². The minimum Gasteiger partial charge on any atom is -0.497 e. The highest BCUT2D eigenvalue weighted by molar-refractivity contribution is 5.28. The van der Waals surface area contributed by atoms with Gasteiger partial charge in [-0.05, 0) is 29.7 Å². The number of aryl methyl sites for hydroxylation is 1. The fourth-order valence-corrected chi connectivity index (χ4v) is 2.69. The third kappa shape index (κ3) is 3.25. The third-order valence-corrected chi connectivity index (χ3v) is 3.73. The molecule has 2 aromatic rings. The first-order chi connectivity index (χ1) is 10.3. The van der Waals surface area contributed by atoms with Gasteiger partial charge in [-0.1, -0.05) is 12.1 Å². The summed E-state index contributed by atoms with van der Waals surface area (Å²) in [6.45, 7) is 2.32. The summed E-state index contributed by atoms with van der Waals surface area (Å²) in [6, 6.07) is 8.09. The first-order valence-corrected chi connectivity index (χ1v) is 7.24. The van der Waals surface area contributed by atoms with Gasteiger partial charge in [-0.25, -0.2) is 0 Å². The topological polar surface area (TPSA) is 48.3 Å². The smallest absolute Gasteiger partial charge is 0.119 e. The maximum atomic E-state index is 5.84. The second-order valence-corrected chi connectivity index (χ2v) is 5.31. The van der Waals surface area contributed by atoms with Crippen LogP contribution >= 0.6 is 0 Å². The van der Waals surface area contributed by atoms with Crippen LogP contribution in [0.1, 0.15) is 22.9 Å². The molecule has 1 aliphatic rings. The summed E-state index contributed by atoms with van der Waals surface area (Å²) in [6.07, 6.45) is 3.09. The monoisotopic (exact) mass is 287 g/mol. The van der Waals surface area contributed by atoms with Crippen LogP contribution in [-0.2, 0) is 24.8 Å². The lowest BCUT2D eigenvalue weighted by atomic mass is 10.1. The van der Waals surface area contributed by atoms with Crippen molar-refractivity contribution in [1.29, 1.82) is 0 Å². The Kier molecular flexibility index (Phi) is 4.22. The van der Waals surface area contributed by atoms with Crippen LogP contribution in [0.25, 0.3) is 0 Å². The lowest BCUT2D eigenvalue weighted by molar-refractivity contribution is 0.0393. The zero-order valence-electron chi connectivity index (χ0n) is 12.5. The zero-order valence-corrected chi connectivity index (χ0v) is 12.5. The molecule has 0 aliphatic carbocycles. The van der Waals surface area contributed by atoms with E-state index < -0.39 is 0 Å². The molecule has 1 atom stereocenters. The van der Waals surface area contributed by atoms with Gasteiger partial charge < -0.3 is 14.8 Å². The largest absolute Gasteiger partial charge is 0.497 e. The van der Waals surface area contributed by atoms with Crippen molar-refractivity contribution in [1.82, 2.24) is 15.1 Å². The Morgan fingerprint density at radius 1 is 1.48 bits per heavy atom. The van der Waals surface area contributed by atoms with Gasteiger partial charge in [0.05, 0.1) is 19.4 Å². The Morgan fingerprint density at radius 3 is 3.24 bits per heavy atom. The molecule has 21 heavy (non-hydrogen) atoms. The molecule has 0 fully saturated rings. The number of aromatic nitrogens is 2. The predicted octanol–water partition coefficient (Wildman–Crippen LogP) is 1.83. The van der Waals surface area contributed by atoms with Crippen molar-refractivity contribution in [2.45, 2.75) is 19.1 Å². The van der Waals surface area contributed by atoms with Gasteiger partial charge in [-0.2, -0.15) is 5.10 Å². The van der Waals surface area contributed by atoms with Gasteiger partial charge in [0.25, 0.3) is 0 Å². The van der Waals surface area contributed by atoms with Gasteiger partial charge in [-0.15, -0.1) is 0 Å². The SMILES string of the molecule is COc1cccc(CNC[C@H]2OCCc3cn(C)nc32)c1. The van der Waals surface area contributed by atoms with Crippen molar-refractivity contribution in [2.24, 2.45) is 7.05 Å². The number of fused-ring (bicyclic) bond motifs is 1. The molecule has 1 aromatic heterocycles. The van der Waals surface area contributed by atoms with E-state index in [0.29, 0.717) is 0 Å². The standard InChI is InChI=1S/C16H21N3O2/c1-19-11-13-6-7-21-15(16(13)18-19)10-17-9-12-4-3-5-14(8-12)20-2/h3-5,8,11,15,17H,6-7,9-10H2,1-2H3/t15-/m1/s1. The summed E-state index contributed by atoms with van der Waals surface area (Å²) in [5.74, 6) is 0.884. The van der Waals surface area contributed by atoms with Gasteiger partial charge in [0, 0.05) is 26.3 Å². The Morgan fingerprint density at radius 2 is 2.38 bits per heavy atom. The van der Waals surface area contributed by atoms with Crippen molar-refractivity contribution >= 4 is 0 Å². The molecule has 1 N–H and O–H groups in total. The molecule has 2 heterocycles. The number of rotatable bonds is 5. The number of ether oxygens (including phenoxy) is 2. The highest BCUT2D eigenvalue weighted by atomic mass is 16.5. The molecule has 5 heteroatoms. The fourth-order valence-electron chi connectivity index (χ4n) is 2.69. The zero-order chi connectivity index (χ0) is 14.7. The van der Waals surface area contributed by atoms with E-state index in [4.69, 9.17) is 9.47 Å². The van der Waals surface area contributed by atoms with E-state index in [9.17, 15) is 0 Å². The Balaban J connectivity index is 1.58. The second kappa shape index (κ2) is 6.28. The molecule has 0 saturated carbocycles. The number of nitrogens with one attached hydrogen (secondary N) is 1. The average molecular weight is 287 g/mol. The predicted molar refractivity (Wildman–Crippen MR) is 80.3 cm³/mol. The highest BCUT2D eigenvalue weighted by Crippen LogP contribution is 2.24. The van der Waals surface area contributed by atoms with Gasteiger partial charge in [0.1, 0.15) is 11.9 Å². The summed E-state index contributed by atoms with van der Waals surface area (Å²) in [7, 11) is 3.64. The van der Waals surface area contributed by atoms with E-state index in [1.807, 2.05) is 29.9 Å². The van der Waals surface area contributed by atoms with Crippen molar-refractivity contribution < 1.29 is 9.47 Å². The minimum absolute atomic E-state index is 0.0422. The molecule has 0 saturated heterocycles. The Hall–Kier alpha value is -1.85. The van der Waals surface area contributed by atoms with Crippen LogP contribution in [0.15, 0.2) is 30.5 Å². The molecular formula is C16H21N3O2. The van der Waals surface area contributed by atoms with Crippen molar-refractivity contribution in [3.63, 3.8) is 0 Å². The van der Waals surface area contributed by atoms with Crippen LogP contribution in [0, 0.1) is 0 Å². The van der Waals surface area contributed by atoms with Crippen molar-refractivity contribution in [2.75, 3.05) is 20.3 Å². The molecule has 3 rings (SSSR count). The number of nitrogens with zero attached hydrogens (tertiary/aromatic N) is 2. The molecule has 0 amide bonds. The quantitative estimate of drug-likeness (QED) is 0.911. The molecule has 0 spiro atoms. The molecule has 0 unspecified atom stereocenters. The summed E-state index contributed by atoms with van der Waals surface area (Å²) in [5.41, 5.74) is 3.57. The molecule has 0 radical (unpaired) electrons. The fraction of sp³-hybridized carbons (Fsp3) is 0.438. The average Bonchev–Trinajstić information content (AvgIpc) is 2.88. The summed E-state index contributed by atoms with van der Waals surface area (Å²) in [4.78, 5) is 0. The van der Waals surface area contributed by atoms with Gasteiger partial charge in [0.2, 0.25) is 0 Å². The molecular weight excluding hydrogens is 266 g/mol. The lowest BCUT2D eigenvalue weighted by Gasteiger charge is -2.22. The van der Waals surface area contributed by atoms with Gasteiger partial charge in [0.15, 0.2) is 0 Å². The maximum Gasteiger partial charge on any atom is 0.119 e. The first-order valence-electron chi connectivity index (χ1n) is 7.24. The summed E-state index contributed by atoms with van der Waals surface area (Å²) in [5, 5.41) is 7.96. The number of hydrogen-bond acceptors (Lipinski definition) is 4. The van der Waals surface area contributed by atoms with E-state index in [1.54, 1.807) is 7.11 Å². The third-order valence-electron chi connectivity index (χ3n) is 3.73. The van der Waals surface area contributed by atoms with Crippen LogP contribution in [0.4, 0.5) is 0 Å². The van der Waals surface area contributed by atoms with Gasteiger partial charge >= 0.3 is 0 Å². The lowest BCUT2D eigenvalue weighted by Crippen LogP contribution is -2.27. The number of hydrogen-bond donors (Lipinski definition) is 1. The number of methoxy groups -OCH3 is 1. The number of benzene rings is 1. The van der Waals surface area contributed by atoms with Crippen molar-refractivity contribution in [3.05, 3.63) is 47.3 Å². The van der Waals surface area contributed by atoms with Crippen LogP contribution in [0.2, 0.25) is 0 Å². The maximum absolute atomic E-state index is 5.84. The van der Waals surface area contributed by atoms with Crippen molar-refractivity contribution in [3.8, 4) is 5.75 Å². The minimum atomic E-state index is 0.0422. The van der Waals surface area contributed by atoms with Crippen LogP contribution in [0.5, 0.6) is 5.75 Å². The van der Waals surface area contributed by atoms with E-state index in [1.165, 1.54) is 11.1 Å². The van der Waals surface area contributed by atoms with E-state index in [-0.39, 0.29) is 6.10 Å². The van der Waals surface area contributed by atoms with E-state index >= 15 is 0 Å².